The monoisotopic (exact) mass is 238 g/mol. The van der Waals surface area contributed by atoms with Gasteiger partial charge in [-0.2, -0.15) is 0 Å². The summed E-state index contributed by atoms with van der Waals surface area (Å²) in [6, 6.07) is 3.73. The van der Waals surface area contributed by atoms with Crippen LogP contribution >= 0.6 is 0 Å². The second kappa shape index (κ2) is 5.79. The molecule has 4 nitrogen and oxygen atoms in total. The summed E-state index contributed by atoms with van der Waals surface area (Å²) < 4.78 is 17.7. The number of carboxylic acids is 1. The summed E-state index contributed by atoms with van der Waals surface area (Å²) in [5, 5.41) is 8.62. The molecule has 1 rings (SSSR count). The summed E-state index contributed by atoms with van der Waals surface area (Å²) in [6.45, 7) is 0. The van der Waals surface area contributed by atoms with Gasteiger partial charge in [-0.15, -0.1) is 0 Å². The van der Waals surface area contributed by atoms with Crippen molar-refractivity contribution in [1.82, 2.24) is 0 Å². The van der Waals surface area contributed by atoms with Crippen LogP contribution in [-0.4, -0.2) is 24.2 Å². The Bertz CT molecular complexity index is 466. The van der Waals surface area contributed by atoms with Gasteiger partial charge in [-0.05, 0) is 17.7 Å². The van der Waals surface area contributed by atoms with Crippen LogP contribution in [0.2, 0.25) is 0 Å². The fraction of sp³-hybridized carbons (Fsp3) is 0.167. The quantitative estimate of drug-likeness (QED) is 0.816. The average molecular weight is 238 g/mol. The van der Waals surface area contributed by atoms with E-state index >= 15 is 0 Å². The van der Waals surface area contributed by atoms with Crippen molar-refractivity contribution in [2.24, 2.45) is 0 Å². The van der Waals surface area contributed by atoms with Crippen LogP contribution < -0.4 is 0 Å². The Kier molecular flexibility index (Phi) is 4.39. The number of aromatic carboxylic acids is 1. The first-order valence-corrected chi connectivity index (χ1v) is 4.81. The van der Waals surface area contributed by atoms with Crippen LogP contribution in [0, 0.1) is 5.82 Å². The van der Waals surface area contributed by atoms with E-state index in [0.717, 1.165) is 6.07 Å². The lowest BCUT2D eigenvalue weighted by atomic mass is 10.1. The molecular formula is C12H11FO4. The molecule has 0 unspecified atom stereocenters. The summed E-state index contributed by atoms with van der Waals surface area (Å²) >= 11 is 0. The largest absolute Gasteiger partial charge is 0.478 e. The first kappa shape index (κ1) is 12.9. The molecular weight excluding hydrogens is 227 g/mol. The number of methoxy groups -OCH3 is 1. The van der Waals surface area contributed by atoms with Crippen molar-refractivity contribution in [1.29, 1.82) is 0 Å². The van der Waals surface area contributed by atoms with Crippen LogP contribution in [-0.2, 0) is 9.53 Å². The summed E-state index contributed by atoms with van der Waals surface area (Å²) in [5.41, 5.74) is 0.103. The highest BCUT2D eigenvalue weighted by Gasteiger charge is 2.09. The molecule has 5 heteroatoms. The normalized spacial score (nSPS) is 10.5. The van der Waals surface area contributed by atoms with Crippen LogP contribution in [0.5, 0.6) is 0 Å². The lowest BCUT2D eigenvalue weighted by Gasteiger charge is -1.99. The zero-order valence-corrected chi connectivity index (χ0v) is 9.14. The SMILES string of the molecule is COC(=O)CC=Cc1ccc(C(=O)O)c(F)c1. The molecule has 1 N–H and O–H groups in total. The van der Waals surface area contributed by atoms with Gasteiger partial charge in [0, 0.05) is 0 Å². The second-order valence-electron chi connectivity index (χ2n) is 3.23. The zero-order chi connectivity index (χ0) is 12.8. The topological polar surface area (TPSA) is 63.6 Å². The standard InChI is InChI=1S/C12H11FO4/c1-17-11(14)4-2-3-8-5-6-9(12(15)16)10(13)7-8/h2-3,5-7H,4H2,1H3,(H,15,16). The maximum atomic E-state index is 13.2. The summed E-state index contributed by atoms with van der Waals surface area (Å²) in [6.07, 6.45) is 3.12. The highest BCUT2D eigenvalue weighted by molar-refractivity contribution is 5.88. The maximum absolute atomic E-state index is 13.2. The molecule has 0 bridgehead atoms. The Labute approximate surface area is 97.3 Å². The third-order valence-corrected chi connectivity index (χ3v) is 2.05. The van der Waals surface area contributed by atoms with Gasteiger partial charge in [0.1, 0.15) is 5.82 Å². The zero-order valence-electron chi connectivity index (χ0n) is 9.14. The van der Waals surface area contributed by atoms with Crippen LogP contribution in [0.15, 0.2) is 24.3 Å². The average Bonchev–Trinajstić information content (AvgIpc) is 2.28. The van der Waals surface area contributed by atoms with E-state index < -0.39 is 17.8 Å². The molecule has 90 valence electrons. The lowest BCUT2D eigenvalue weighted by Crippen LogP contribution is -2.00. The first-order chi connectivity index (χ1) is 8.04. The highest BCUT2D eigenvalue weighted by Crippen LogP contribution is 2.12. The minimum Gasteiger partial charge on any atom is -0.478 e. The van der Waals surface area contributed by atoms with Gasteiger partial charge in [0.15, 0.2) is 0 Å². The third kappa shape index (κ3) is 3.71. The molecule has 1 aromatic carbocycles. The molecule has 0 amide bonds. The minimum absolute atomic E-state index is 0.0821. The van der Waals surface area contributed by atoms with Crippen LogP contribution in [0.3, 0.4) is 0 Å². The van der Waals surface area contributed by atoms with E-state index in [1.165, 1.54) is 31.4 Å². The number of ether oxygens (including phenoxy) is 1. The van der Waals surface area contributed by atoms with Gasteiger partial charge in [0.05, 0.1) is 19.1 Å². The van der Waals surface area contributed by atoms with Gasteiger partial charge < -0.3 is 9.84 Å². The van der Waals surface area contributed by atoms with Crippen molar-refractivity contribution in [3.05, 3.63) is 41.2 Å². The number of carbonyl (C=O) groups is 2. The van der Waals surface area contributed by atoms with Gasteiger partial charge >= 0.3 is 11.9 Å². The fourth-order valence-electron chi connectivity index (χ4n) is 1.18. The highest BCUT2D eigenvalue weighted by atomic mass is 19.1. The van der Waals surface area contributed by atoms with Gasteiger partial charge in [0.25, 0.3) is 0 Å². The van der Waals surface area contributed by atoms with E-state index in [1.54, 1.807) is 0 Å². The van der Waals surface area contributed by atoms with Gasteiger partial charge in [-0.1, -0.05) is 18.2 Å². The Morgan fingerprint density at radius 3 is 2.71 bits per heavy atom. The van der Waals surface area contributed by atoms with Crippen LogP contribution in [0.4, 0.5) is 4.39 Å². The second-order valence-corrected chi connectivity index (χ2v) is 3.23. The van der Waals surface area contributed by atoms with Gasteiger partial charge in [-0.3, -0.25) is 4.79 Å². The van der Waals surface area contributed by atoms with Gasteiger partial charge in [-0.25, -0.2) is 9.18 Å². The van der Waals surface area contributed by atoms with E-state index in [2.05, 4.69) is 4.74 Å². The van der Waals surface area contributed by atoms with Crippen molar-refractivity contribution >= 4 is 18.0 Å². The van der Waals surface area contributed by atoms with Gasteiger partial charge in [0.2, 0.25) is 0 Å². The molecule has 0 saturated heterocycles. The molecule has 0 heterocycles. The Morgan fingerprint density at radius 1 is 1.47 bits per heavy atom. The fourth-order valence-corrected chi connectivity index (χ4v) is 1.18. The molecule has 0 aliphatic carbocycles. The van der Waals surface area contributed by atoms with Crippen molar-refractivity contribution in [3.63, 3.8) is 0 Å². The number of carboxylic acid groups (broad SMARTS) is 1. The molecule has 0 spiro atoms. The third-order valence-electron chi connectivity index (χ3n) is 2.05. The number of halogens is 1. The van der Waals surface area contributed by atoms with Crippen molar-refractivity contribution in [2.45, 2.75) is 6.42 Å². The molecule has 1 aromatic rings. The molecule has 0 aromatic heterocycles. The lowest BCUT2D eigenvalue weighted by molar-refractivity contribution is -0.139. The van der Waals surface area contributed by atoms with Crippen molar-refractivity contribution < 1.29 is 23.8 Å². The van der Waals surface area contributed by atoms with E-state index in [1.807, 2.05) is 0 Å². The van der Waals surface area contributed by atoms with E-state index in [9.17, 15) is 14.0 Å². The van der Waals surface area contributed by atoms with E-state index in [4.69, 9.17) is 5.11 Å². The first-order valence-electron chi connectivity index (χ1n) is 4.81. The molecule has 0 fully saturated rings. The number of rotatable bonds is 4. The van der Waals surface area contributed by atoms with E-state index in [-0.39, 0.29) is 12.0 Å². The van der Waals surface area contributed by atoms with Crippen LogP contribution in [0.25, 0.3) is 6.08 Å². The maximum Gasteiger partial charge on any atom is 0.338 e. The predicted molar refractivity (Wildman–Crippen MR) is 59.0 cm³/mol. The molecule has 0 radical (unpaired) electrons. The predicted octanol–water partition coefficient (Wildman–Crippen LogP) is 2.10. The number of carbonyl (C=O) groups excluding carboxylic acids is 1. The van der Waals surface area contributed by atoms with E-state index in [0.29, 0.717) is 5.56 Å². The number of esters is 1. The summed E-state index contributed by atoms with van der Waals surface area (Å²) in [7, 11) is 1.28. The molecule has 17 heavy (non-hydrogen) atoms. The molecule has 0 aliphatic rings. The Hall–Kier alpha value is -2.17. The number of hydrogen-bond acceptors (Lipinski definition) is 3. The number of benzene rings is 1. The summed E-state index contributed by atoms with van der Waals surface area (Å²) in [5.74, 6) is -2.52. The Balaban J connectivity index is 2.77. The number of hydrogen-bond donors (Lipinski definition) is 1. The van der Waals surface area contributed by atoms with Crippen LogP contribution in [0.1, 0.15) is 22.3 Å². The molecule has 0 saturated carbocycles. The molecule has 0 aliphatic heterocycles. The van der Waals surface area contributed by atoms with Crippen molar-refractivity contribution in [2.75, 3.05) is 7.11 Å². The Morgan fingerprint density at radius 2 is 2.18 bits per heavy atom. The van der Waals surface area contributed by atoms with Crippen molar-refractivity contribution in [3.8, 4) is 0 Å². The smallest absolute Gasteiger partial charge is 0.338 e. The molecule has 0 atom stereocenters. The summed E-state index contributed by atoms with van der Waals surface area (Å²) in [4.78, 5) is 21.3. The minimum atomic E-state index is -1.31.